The van der Waals surface area contributed by atoms with Gasteiger partial charge in [0.2, 0.25) is 0 Å². The zero-order valence-corrected chi connectivity index (χ0v) is 10.0. The topological polar surface area (TPSA) is 46.5 Å². The molecule has 1 atom stereocenters. The molecule has 18 heavy (non-hydrogen) atoms. The first-order chi connectivity index (χ1) is 8.72. The van der Waals surface area contributed by atoms with Gasteiger partial charge in [-0.1, -0.05) is 41.9 Å². The Kier molecular flexibility index (Phi) is 2.58. The Labute approximate surface area is 109 Å². The van der Waals surface area contributed by atoms with Crippen LogP contribution in [0.5, 0.6) is 0 Å². The average Bonchev–Trinajstić information content (AvgIpc) is 2.71. The van der Waals surface area contributed by atoms with Crippen LogP contribution in [0.1, 0.15) is 17.0 Å². The predicted molar refractivity (Wildman–Crippen MR) is 67.5 cm³/mol. The Bertz CT molecular complexity index is 637. The molecular weight excluding hydrogens is 252 g/mol. The smallest absolute Gasteiger partial charge is 0.300 e. The van der Waals surface area contributed by atoms with Gasteiger partial charge in [-0.2, -0.15) is 5.26 Å². The minimum atomic E-state index is -0.691. The van der Waals surface area contributed by atoms with Crippen molar-refractivity contribution in [1.29, 1.82) is 0 Å². The summed E-state index contributed by atoms with van der Waals surface area (Å²) in [6.45, 7) is 0. The molecule has 0 spiro atoms. The van der Waals surface area contributed by atoms with E-state index in [4.69, 9.17) is 16.9 Å². The molecule has 1 unspecified atom stereocenters. The van der Waals surface area contributed by atoms with Crippen LogP contribution in [0, 0.1) is 0 Å². The number of fused-ring (bicyclic) bond motifs is 3. The summed E-state index contributed by atoms with van der Waals surface area (Å²) in [4.78, 5) is 15.6. The molecule has 0 aliphatic heterocycles. The van der Waals surface area contributed by atoms with Crippen LogP contribution in [0.2, 0.25) is 5.02 Å². The molecular formula is C14H9ClO3. The second-order valence-corrected chi connectivity index (χ2v) is 4.60. The van der Waals surface area contributed by atoms with Crippen LogP contribution in [-0.4, -0.2) is 11.2 Å². The van der Waals surface area contributed by atoms with Crippen LogP contribution in [0.4, 0.5) is 0 Å². The molecule has 0 aromatic heterocycles. The Morgan fingerprint density at radius 3 is 2.61 bits per heavy atom. The highest BCUT2D eigenvalue weighted by molar-refractivity contribution is 6.30. The predicted octanol–water partition coefficient (Wildman–Crippen LogP) is 3.47. The molecule has 0 radical (unpaired) electrons. The zero-order valence-electron chi connectivity index (χ0n) is 9.26. The second kappa shape index (κ2) is 4.12. The van der Waals surface area contributed by atoms with E-state index in [0.717, 1.165) is 22.3 Å². The average molecular weight is 261 g/mol. The number of hydrogen-bond donors (Lipinski definition) is 1. The van der Waals surface area contributed by atoms with Crippen LogP contribution in [0.25, 0.3) is 11.1 Å². The summed E-state index contributed by atoms with van der Waals surface area (Å²) in [5, 5.41) is 9.19. The lowest BCUT2D eigenvalue weighted by Gasteiger charge is -2.09. The van der Waals surface area contributed by atoms with Crippen molar-refractivity contribution < 1.29 is 14.9 Å². The third-order valence-corrected chi connectivity index (χ3v) is 3.45. The maximum Gasteiger partial charge on any atom is 0.353 e. The Morgan fingerprint density at radius 2 is 1.83 bits per heavy atom. The number of rotatable bonds is 1. The van der Waals surface area contributed by atoms with Gasteiger partial charge in [0.05, 0.1) is 0 Å². The van der Waals surface area contributed by atoms with Crippen molar-refractivity contribution in [2.45, 2.75) is 5.92 Å². The number of halogens is 1. The lowest BCUT2D eigenvalue weighted by molar-refractivity contribution is -0.235. The third-order valence-electron chi connectivity index (χ3n) is 3.21. The van der Waals surface area contributed by atoms with Crippen LogP contribution < -0.4 is 0 Å². The lowest BCUT2D eigenvalue weighted by atomic mass is 9.97. The summed E-state index contributed by atoms with van der Waals surface area (Å²) in [6, 6.07) is 12.9. The lowest BCUT2D eigenvalue weighted by Crippen LogP contribution is -2.13. The number of carbonyl (C=O) groups is 1. The van der Waals surface area contributed by atoms with E-state index in [1.54, 1.807) is 12.1 Å². The van der Waals surface area contributed by atoms with E-state index >= 15 is 0 Å². The normalized spacial score (nSPS) is 16.0. The van der Waals surface area contributed by atoms with Gasteiger partial charge in [0.15, 0.2) is 0 Å². The van der Waals surface area contributed by atoms with Crippen LogP contribution in [0.15, 0.2) is 42.5 Å². The minimum Gasteiger partial charge on any atom is -0.300 e. The number of hydrogen-bond acceptors (Lipinski definition) is 3. The van der Waals surface area contributed by atoms with E-state index in [0.29, 0.717) is 5.02 Å². The standard InChI is InChI=1S/C14H9ClO3/c15-8-5-6-10-9-3-1-2-4-11(9)13(12(10)7-8)14(16)18-17/h1-7,13,17H. The van der Waals surface area contributed by atoms with Crippen molar-refractivity contribution in [2.75, 3.05) is 0 Å². The van der Waals surface area contributed by atoms with Gasteiger partial charge in [0.1, 0.15) is 5.92 Å². The van der Waals surface area contributed by atoms with Gasteiger partial charge < -0.3 is 0 Å². The summed E-state index contributed by atoms with van der Waals surface area (Å²) in [6.07, 6.45) is 0. The zero-order chi connectivity index (χ0) is 12.7. The molecule has 2 aromatic carbocycles. The van der Waals surface area contributed by atoms with E-state index in [9.17, 15) is 4.79 Å². The van der Waals surface area contributed by atoms with Crippen LogP contribution >= 0.6 is 11.6 Å². The first kappa shape index (κ1) is 11.3. The molecule has 0 amide bonds. The van der Waals surface area contributed by atoms with Gasteiger partial charge >= 0.3 is 5.97 Å². The minimum absolute atomic E-state index is 0.553. The molecule has 0 fully saturated rings. The summed E-state index contributed by atoms with van der Waals surface area (Å²) in [5.41, 5.74) is 3.52. The van der Waals surface area contributed by atoms with Crippen LogP contribution in [-0.2, 0) is 9.68 Å². The van der Waals surface area contributed by atoms with Gasteiger partial charge in [0, 0.05) is 5.02 Å². The molecule has 1 N–H and O–H groups in total. The Morgan fingerprint density at radius 1 is 1.11 bits per heavy atom. The van der Waals surface area contributed by atoms with E-state index in [1.807, 2.05) is 30.3 Å². The van der Waals surface area contributed by atoms with Gasteiger partial charge in [-0.25, -0.2) is 4.79 Å². The van der Waals surface area contributed by atoms with Crippen LogP contribution in [0.3, 0.4) is 0 Å². The van der Waals surface area contributed by atoms with E-state index in [-0.39, 0.29) is 0 Å². The second-order valence-electron chi connectivity index (χ2n) is 4.16. The Balaban J connectivity index is 2.28. The third kappa shape index (κ3) is 1.52. The van der Waals surface area contributed by atoms with Crippen molar-refractivity contribution in [3.05, 3.63) is 58.6 Å². The van der Waals surface area contributed by atoms with E-state index in [2.05, 4.69) is 4.89 Å². The van der Waals surface area contributed by atoms with Gasteiger partial charge in [0.25, 0.3) is 0 Å². The molecule has 0 saturated carbocycles. The molecule has 4 heteroatoms. The quantitative estimate of drug-likeness (QED) is 0.631. The summed E-state index contributed by atoms with van der Waals surface area (Å²) < 4.78 is 0. The monoisotopic (exact) mass is 260 g/mol. The molecule has 3 rings (SSSR count). The van der Waals surface area contributed by atoms with Crippen molar-refractivity contribution in [3.8, 4) is 11.1 Å². The van der Waals surface area contributed by atoms with Gasteiger partial charge in [-0.05, 0) is 34.4 Å². The highest BCUT2D eigenvalue weighted by Crippen LogP contribution is 2.45. The molecule has 2 aromatic rings. The molecule has 1 aliphatic carbocycles. The highest BCUT2D eigenvalue weighted by Gasteiger charge is 2.35. The fourth-order valence-electron chi connectivity index (χ4n) is 2.49. The first-order valence-electron chi connectivity index (χ1n) is 5.46. The Hall–Kier alpha value is -1.84. The maximum absolute atomic E-state index is 11.7. The molecule has 1 aliphatic rings. The number of benzene rings is 2. The van der Waals surface area contributed by atoms with Crippen molar-refractivity contribution >= 4 is 17.6 Å². The molecule has 0 bridgehead atoms. The molecule has 3 nitrogen and oxygen atoms in total. The maximum atomic E-state index is 11.7. The highest BCUT2D eigenvalue weighted by atomic mass is 35.5. The first-order valence-corrected chi connectivity index (χ1v) is 5.84. The number of carbonyl (C=O) groups excluding carboxylic acids is 1. The summed E-state index contributed by atoms with van der Waals surface area (Å²) in [5.74, 6) is -1.30. The van der Waals surface area contributed by atoms with Gasteiger partial charge in [-0.3, -0.25) is 4.89 Å². The van der Waals surface area contributed by atoms with Gasteiger partial charge in [-0.15, -0.1) is 0 Å². The van der Waals surface area contributed by atoms with E-state index < -0.39 is 11.9 Å². The fourth-order valence-corrected chi connectivity index (χ4v) is 2.67. The van der Waals surface area contributed by atoms with Crippen molar-refractivity contribution in [1.82, 2.24) is 0 Å². The summed E-state index contributed by atoms with van der Waals surface area (Å²) >= 11 is 5.96. The van der Waals surface area contributed by atoms with Crippen molar-refractivity contribution in [2.24, 2.45) is 0 Å². The molecule has 0 saturated heterocycles. The summed E-state index contributed by atoms with van der Waals surface area (Å²) in [7, 11) is 0. The molecule has 90 valence electrons. The van der Waals surface area contributed by atoms with E-state index in [1.165, 1.54) is 0 Å². The SMILES string of the molecule is O=C(OO)C1c2ccccc2-c2ccc(Cl)cc21. The van der Waals surface area contributed by atoms with Crippen molar-refractivity contribution in [3.63, 3.8) is 0 Å². The largest absolute Gasteiger partial charge is 0.353 e. The fraction of sp³-hybridized carbons (Fsp3) is 0.0714. The molecule has 0 heterocycles.